The lowest BCUT2D eigenvalue weighted by atomic mass is 10.3. The third kappa shape index (κ3) is 2.81. The van der Waals surface area contributed by atoms with Gasteiger partial charge in [0, 0.05) is 6.61 Å². The van der Waals surface area contributed by atoms with E-state index in [4.69, 9.17) is 15.2 Å². The van der Waals surface area contributed by atoms with Gasteiger partial charge in [0.05, 0.1) is 24.8 Å². The zero-order chi connectivity index (χ0) is 13.8. The number of nitrogens with two attached hydrogens (primary N) is 1. The molecule has 5 nitrogen and oxygen atoms in total. The van der Waals surface area contributed by atoms with Crippen molar-refractivity contribution < 1.29 is 9.47 Å². The number of ether oxygens (including phenoxy) is 2. The normalized spacial score (nSPS) is 12.8. The van der Waals surface area contributed by atoms with Crippen LogP contribution in [0.5, 0.6) is 5.75 Å². The average molecular weight is 263 g/mol. The Balaban J connectivity index is 2.39. The molecule has 0 aliphatic rings. The zero-order valence-electron chi connectivity index (χ0n) is 11.7. The van der Waals surface area contributed by atoms with E-state index in [1.54, 1.807) is 0 Å². The number of nitrogens with zero attached hydrogens (tertiary/aromatic N) is 2. The Morgan fingerprint density at radius 1 is 1.32 bits per heavy atom. The van der Waals surface area contributed by atoms with Crippen molar-refractivity contribution in [3.05, 3.63) is 18.2 Å². The molecule has 1 unspecified atom stereocenters. The summed E-state index contributed by atoms with van der Waals surface area (Å²) in [5.41, 5.74) is 7.80. The molecular formula is C14H21N3O2. The van der Waals surface area contributed by atoms with Crippen molar-refractivity contribution in [2.24, 2.45) is 0 Å². The van der Waals surface area contributed by atoms with Crippen LogP contribution in [0.25, 0.3) is 11.0 Å². The molecule has 19 heavy (non-hydrogen) atoms. The summed E-state index contributed by atoms with van der Waals surface area (Å²) in [5, 5.41) is 0. The molecule has 0 amide bonds. The predicted octanol–water partition coefficient (Wildman–Crippen LogP) is 2.44. The average Bonchev–Trinajstić information content (AvgIpc) is 2.68. The van der Waals surface area contributed by atoms with Gasteiger partial charge in [0.2, 0.25) is 5.95 Å². The molecule has 0 aliphatic carbocycles. The van der Waals surface area contributed by atoms with Gasteiger partial charge in [0.25, 0.3) is 0 Å². The monoisotopic (exact) mass is 263 g/mol. The van der Waals surface area contributed by atoms with E-state index in [-0.39, 0.29) is 6.10 Å². The summed E-state index contributed by atoms with van der Waals surface area (Å²) in [5.74, 6) is 1.27. The Morgan fingerprint density at radius 2 is 2.11 bits per heavy atom. The SMILES string of the molecule is CCOc1cccc2c1nc(N)n2CC(C)OCC. The lowest BCUT2D eigenvalue weighted by molar-refractivity contribution is 0.0652. The number of nitrogen functional groups attached to an aromatic ring is 1. The number of benzene rings is 1. The van der Waals surface area contributed by atoms with Crippen LogP contribution in [0.1, 0.15) is 20.8 Å². The molecule has 1 aromatic carbocycles. The van der Waals surface area contributed by atoms with Crippen molar-refractivity contribution >= 4 is 17.0 Å². The fourth-order valence-corrected chi connectivity index (χ4v) is 2.20. The van der Waals surface area contributed by atoms with Gasteiger partial charge in [-0.25, -0.2) is 4.98 Å². The van der Waals surface area contributed by atoms with Crippen molar-refractivity contribution in [1.29, 1.82) is 0 Å². The zero-order valence-corrected chi connectivity index (χ0v) is 11.7. The van der Waals surface area contributed by atoms with Crippen molar-refractivity contribution in [2.45, 2.75) is 33.4 Å². The highest BCUT2D eigenvalue weighted by molar-refractivity contribution is 5.84. The molecule has 0 saturated heterocycles. The molecule has 0 saturated carbocycles. The maximum Gasteiger partial charge on any atom is 0.201 e. The van der Waals surface area contributed by atoms with E-state index >= 15 is 0 Å². The van der Waals surface area contributed by atoms with Gasteiger partial charge in [-0.1, -0.05) is 6.07 Å². The van der Waals surface area contributed by atoms with E-state index in [1.165, 1.54) is 0 Å². The van der Waals surface area contributed by atoms with E-state index in [9.17, 15) is 0 Å². The quantitative estimate of drug-likeness (QED) is 0.869. The third-order valence-corrected chi connectivity index (χ3v) is 2.96. The topological polar surface area (TPSA) is 62.3 Å². The lowest BCUT2D eigenvalue weighted by Gasteiger charge is -2.14. The largest absolute Gasteiger partial charge is 0.492 e. The summed E-state index contributed by atoms with van der Waals surface area (Å²) < 4.78 is 13.1. The third-order valence-electron chi connectivity index (χ3n) is 2.96. The van der Waals surface area contributed by atoms with Crippen LogP contribution in [0, 0.1) is 0 Å². The van der Waals surface area contributed by atoms with E-state index in [0.29, 0.717) is 25.7 Å². The van der Waals surface area contributed by atoms with Crippen molar-refractivity contribution in [3.63, 3.8) is 0 Å². The van der Waals surface area contributed by atoms with E-state index < -0.39 is 0 Å². The van der Waals surface area contributed by atoms with Gasteiger partial charge >= 0.3 is 0 Å². The van der Waals surface area contributed by atoms with Gasteiger partial charge in [-0.05, 0) is 32.9 Å². The second kappa shape index (κ2) is 5.93. The van der Waals surface area contributed by atoms with Crippen molar-refractivity contribution in [3.8, 4) is 5.75 Å². The minimum absolute atomic E-state index is 0.0976. The molecule has 104 valence electrons. The van der Waals surface area contributed by atoms with E-state index in [1.807, 2.05) is 43.5 Å². The fraction of sp³-hybridized carbons (Fsp3) is 0.500. The first-order valence-electron chi connectivity index (χ1n) is 6.66. The smallest absolute Gasteiger partial charge is 0.201 e. The number of aromatic nitrogens is 2. The fourth-order valence-electron chi connectivity index (χ4n) is 2.20. The highest BCUT2D eigenvalue weighted by Gasteiger charge is 2.14. The highest BCUT2D eigenvalue weighted by atomic mass is 16.5. The maximum absolute atomic E-state index is 6.00. The summed E-state index contributed by atoms with van der Waals surface area (Å²) >= 11 is 0. The van der Waals surface area contributed by atoms with Crippen LogP contribution in [-0.2, 0) is 11.3 Å². The highest BCUT2D eigenvalue weighted by Crippen LogP contribution is 2.27. The Hall–Kier alpha value is -1.75. The van der Waals surface area contributed by atoms with Crippen LogP contribution in [0.3, 0.4) is 0 Å². The molecular weight excluding hydrogens is 242 g/mol. The number of hydrogen-bond donors (Lipinski definition) is 1. The predicted molar refractivity (Wildman–Crippen MR) is 76.4 cm³/mol. The lowest BCUT2D eigenvalue weighted by Crippen LogP contribution is -2.17. The molecule has 0 aliphatic heterocycles. The summed E-state index contributed by atoms with van der Waals surface area (Å²) in [4.78, 5) is 4.41. The molecule has 5 heteroatoms. The summed E-state index contributed by atoms with van der Waals surface area (Å²) in [7, 11) is 0. The summed E-state index contributed by atoms with van der Waals surface area (Å²) in [6, 6.07) is 5.87. The Bertz CT molecular complexity index is 551. The molecule has 0 radical (unpaired) electrons. The molecule has 2 N–H and O–H groups in total. The van der Waals surface area contributed by atoms with Crippen LogP contribution < -0.4 is 10.5 Å². The number of hydrogen-bond acceptors (Lipinski definition) is 4. The number of anilines is 1. The standard InChI is InChI=1S/C14H21N3O2/c1-4-18-10(3)9-17-11-7-6-8-12(19-5-2)13(11)16-14(17)15/h6-8,10H,4-5,9H2,1-3H3,(H2,15,16). The van der Waals surface area contributed by atoms with Gasteiger partial charge in [-0.15, -0.1) is 0 Å². The molecule has 2 rings (SSSR count). The number of fused-ring (bicyclic) bond motifs is 1. The molecule has 0 fully saturated rings. The van der Waals surface area contributed by atoms with Gasteiger partial charge < -0.3 is 19.8 Å². The van der Waals surface area contributed by atoms with Gasteiger partial charge in [-0.2, -0.15) is 0 Å². The molecule has 1 atom stereocenters. The second-order valence-electron chi connectivity index (χ2n) is 4.40. The summed E-state index contributed by atoms with van der Waals surface area (Å²) in [6.07, 6.45) is 0.0976. The molecule has 1 aromatic heterocycles. The second-order valence-corrected chi connectivity index (χ2v) is 4.40. The van der Waals surface area contributed by atoms with Gasteiger partial charge in [0.15, 0.2) is 0 Å². The van der Waals surface area contributed by atoms with Crippen molar-refractivity contribution in [1.82, 2.24) is 9.55 Å². The number of imidazole rings is 1. The van der Waals surface area contributed by atoms with Crippen LogP contribution >= 0.6 is 0 Å². The van der Waals surface area contributed by atoms with Gasteiger partial charge in [-0.3, -0.25) is 0 Å². The minimum Gasteiger partial charge on any atom is -0.492 e. The molecule has 0 bridgehead atoms. The van der Waals surface area contributed by atoms with Gasteiger partial charge in [0.1, 0.15) is 11.3 Å². The Kier molecular flexibility index (Phi) is 4.27. The number of para-hydroxylation sites is 1. The minimum atomic E-state index is 0.0976. The van der Waals surface area contributed by atoms with Crippen LogP contribution in [0.2, 0.25) is 0 Å². The first-order chi connectivity index (χ1) is 9.17. The first-order valence-corrected chi connectivity index (χ1v) is 6.66. The van der Waals surface area contributed by atoms with Crippen molar-refractivity contribution in [2.75, 3.05) is 18.9 Å². The van der Waals surface area contributed by atoms with E-state index in [2.05, 4.69) is 4.98 Å². The van der Waals surface area contributed by atoms with Crippen LogP contribution in [-0.4, -0.2) is 28.9 Å². The molecule has 0 spiro atoms. The Morgan fingerprint density at radius 3 is 2.79 bits per heavy atom. The van der Waals surface area contributed by atoms with Crippen LogP contribution in [0.15, 0.2) is 18.2 Å². The summed E-state index contributed by atoms with van der Waals surface area (Å²) in [6.45, 7) is 7.96. The first kappa shape index (κ1) is 13.7. The van der Waals surface area contributed by atoms with Crippen LogP contribution in [0.4, 0.5) is 5.95 Å². The molecule has 2 aromatic rings. The number of rotatable bonds is 6. The molecule has 1 heterocycles. The Labute approximate surface area is 113 Å². The van der Waals surface area contributed by atoms with E-state index in [0.717, 1.165) is 16.8 Å². The maximum atomic E-state index is 6.00.